The third kappa shape index (κ3) is 0.795. The monoisotopic (exact) mass is 164 g/mol. The SMILES string of the molecule is Cc1c[nH]c2c(=O)[nH]c(N)nc12. The van der Waals surface area contributed by atoms with Crippen LogP contribution in [0.1, 0.15) is 5.56 Å². The van der Waals surface area contributed by atoms with Gasteiger partial charge in [0.1, 0.15) is 11.0 Å². The van der Waals surface area contributed by atoms with Crippen LogP contribution >= 0.6 is 0 Å². The predicted octanol–water partition coefficient (Wildman–Crippen LogP) is 0.142. The van der Waals surface area contributed by atoms with Gasteiger partial charge in [-0.05, 0) is 12.5 Å². The summed E-state index contributed by atoms with van der Waals surface area (Å²) < 4.78 is 0. The highest BCUT2D eigenvalue weighted by Gasteiger charge is 2.04. The lowest BCUT2D eigenvalue weighted by atomic mass is 10.3. The van der Waals surface area contributed by atoms with Crippen molar-refractivity contribution in [2.75, 3.05) is 5.73 Å². The highest BCUT2D eigenvalue weighted by molar-refractivity contribution is 5.78. The Morgan fingerprint density at radius 1 is 1.58 bits per heavy atom. The molecule has 2 heterocycles. The molecule has 12 heavy (non-hydrogen) atoms. The molecule has 2 aromatic heterocycles. The molecule has 0 fully saturated rings. The number of hydrogen-bond donors (Lipinski definition) is 3. The summed E-state index contributed by atoms with van der Waals surface area (Å²) in [6.45, 7) is 1.87. The smallest absolute Gasteiger partial charge is 0.276 e. The number of nitrogens with one attached hydrogen (secondary N) is 2. The van der Waals surface area contributed by atoms with E-state index in [1.807, 2.05) is 6.92 Å². The van der Waals surface area contributed by atoms with Gasteiger partial charge in [-0.3, -0.25) is 9.78 Å². The largest absolute Gasteiger partial charge is 0.369 e. The second kappa shape index (κ2) is 2.10. The summed E-state index contributed by atoms with van der Waals surface area (Å²) in [5, 5.41) is 0. The zero-order valence-corrected chi connectivity index (χ0v) is 6.51. The first-order valence-electron chi connectivity index (χ1n) is 3.52. The van der Waals surface area contributed by atoms with Crippen molar-refractivity contribution in [2.45, 2.75) is 6.92 Å². The minimum Gasteiger partial charge on any atom is -0.369 e. The molecule has 0 aromatic carbocycles. The number of nitrogens with two attached hydrogens (primary N) is 1. The minimum atomic E-state index is -0.231. The van der Waals surface area contributed by atoms with E-state index in [4.69, 9.17) is 5.73 Å². The van der Waals surface area contributed by atoms with E-state index in [0.717, 1.165) is 5.56 Å². The van der Waals surface area contributed by atoms with Gasteiger partial charge in [0.25, 0.3) is 5.56 Å². The quantitative estimate of drug-likeness (QED) is 0.517. The van der Waals surface area contributed by atoms with Crippen molar-refractivity contribution in [3.05, 3.63) is 22.1 Å². The van der Waals surface area contributed by atoms with E-state index in [9.17, 15) is 4.79 Å². The van der Waals surface area contributed by atoms with Gasteiger partial charge in [-0.15, -0.1) is 0 Å². The van der Waals surface area contributed by atoms with Crippen molar-refractivity contribution in [1.82, 2.24) is 15.0 Å². The van der Waals surface area contributed by atoms with Crippen molar-refractivity contribution in [3.8, 4) is 0 Å². The molecule has 2 aromatic rings. The molecule has 5 heteroatoms. The number of anilines is 1. The van der Waals surface area contributed by atoms with Crippen molar-refractivity contribution in [3.63, 3.8) is 0 Å². The highest BCUT2D eigenvalue weighted by Crippen LogP contribution is 2.10. The Labute approximate surface area is 67.6 Å². The van der Waals surface area contributed by atoms with Gasteiger partial charge in [0.15, 0.2) is 0 Å². The number of fused-ring (bicyclic) bond motifs is 1. The molecule has 4 N–H and O–H groups in total. The molecule has 0 radical (unpaired) electrons. The predicted molar refractivity (Wildman–Crippen MR) is 45.9 cm³/mol. The normalized spacial score (nSPS) is 10.8. The molecule has 0 unspecified atom stereocenters. The fourth-order valence-electron chi connectivity index (χ4n) is 1.16. The Hall–Kier alpha value is -1.78. The van der Waals surface area contributed by atoms with Gasteiger partial charge in [-0.2, -0.15) is 0 Å². The second-order valence-electron chi connectivity index (χ2n) is 2.65. The number of hydrogen-bond acceptors (Lipinski definition) is 3. The summed E-state index contributed by atoms with van der Waals surface area (Å²) in [5.74, 6) is 0.148. The first kappa shape index (κ1) is 6.90. The van der Waals surface area contributed by atoms with Crippen LogP contribution in [0.5, 0.6) is 0 Å². The summed E-state index contributed by atoms with van der Waals surface area (Å²) in [7, 11) is 0. The lowest BCUT2D eigenvalue weighted by molar-refractivity contribution is 1.18. The van der Waals surface area contributed by atoms with Gasteiger partial charge in [-0.1, -0.05) is 0 Å². The zero-order chi connectivity index (χ0) is 8.72. The zero-order valence-electron chi connectivity index (χ0n) is 6.51. The number of rotatable bonds is 0. The van der Waals surface area contributed by atoms with E-state index in [-0.39, 0.29) is 11.5 Å². The highest BCUT2D eigenvalue weighted by atomic mass is 16.1. The van der Waals surface area contributed by atoms with Crippen LogP contribution in [0.4, 0.5) is 5.95 Å². The average Bonchev–Trinajstić information content (AvgIpc) is 2.33. The van der Waals surface area contributed by atoms with E-state index in [1.54, 1.807) is 6.20 Å². The van der Waals surface area contributed by atoms with Gasteiger partial charge >= 0.3 is 0 Å². The second-order valence-corrected chi connectivity index (χ2v) is 2.65. The van der Waals surface area contributed by atoms with Gasteiger partial charge in [0, 0.05) is 6.20 Å². The van der Waals surface area contributed by atoms with E-state index in [0.29, 0.717) is 11.0 Å². The Kier molecular flexibility index (Phi) is 1.21. The molecule has 62 valence electrons. The van der Waals surface area contributed by atoms with Gasteiger partial charge in [0.2, 0.25) is 5.95 Å². The van der Waals surface area contributed by atoms with Crippen LogP contribution in [0.25, 0.3) is 11.0 Å². The van der Waals surface area contributed by atoms with Crippen LogP contribution in [-0.2, 0) is 0 Å². The number of aromatic nitrogens is 3. The third-order valence-corrected chi connectivity index (χ3v) is 1.74. The third-order valence-electron chi connectivity index (χ3n) is 1.74. The molecule has 5 nitrogen and oxygen atoms in total. The Morgan fingerprint density at radius 2 is 2.33 bits per heavy atom. The molecule has 0 bridgehead atoms. The standard InChI is InChI=1S/C7H8N4O/c1-3-2-9-5-4(3)10-7(8)11-6(5)12/h2,9H,1H3,(H3,8,10,11,12). The van der Waals surface area contributed by atoms with Crippen LogP contribution in [0, 0.1) is 6.92 Å². The molecule has 2 rings (SSSR count). The summed E-state index contributed by atoms with van der Waals surface area (Å²) in [4.78, 5) is 20.4. The number of aromatic amines is 2. The number of H-pyrrole nitrogens is 2. The van der Waals surface area contributed by atoms with Crippen LogP contribution in [-0.4, -0.2) is 15.0 Å². The Bertz CT molecular complexity index is 482. The lowest BCUT2D eigenvalue weighted by Gasteiger charge is -1.92. The van der Waals surface area contributed by atoms with Crippen molar-refractivity contribution in [1.29, 1.82) is 0 Å². The molecule has 0 spiro atoms. The fraction of sp³-hybridized carbons (Fsp3) is 0.143. The number of aryl methyl sites for hydroxylation is 1. The maximum atomic E-state index is 11.2. The minimum absolute atomic E-state index is 0.148. The maximum Gasteiger partial charge on any atom is 0.276 e. The fourth-order valence-corrected chi connectivity index (χ4v) is 1.16. The van der Waals surface area contributed by atoms with E-state index in [2.05, 4.69) is 15.0 Å². The molecule has 0 atom stereocenters. The van der Waals surface area contributed by atoms with Gasteiger partial charge < -0.3 is 10.7 Å². The first-order chi connectivity index (χ1) is 5.68. The molecule has 0 saturated heterocycles. The summed E-state index contributed by atoms with van der Waals surface area (Å²) in [6, 6.07) is 0. The molecule has 0 saturated carbocycles. The van der Waals surface area contributed by atoms with Crippen molar-refractivity contribution < 1.29 is 0 Å². The van der Waals surface area contributed by atoms with Crippen LogP contribution < -0.4 is 11.3 Å². The molecule has 0 aliphatic heterocycles. The Balaban J connectivity index is 3.03. The summed E-state index contributed by atoms with van der Waals surface area (Å²) in [6.07, 6.45) is 1.73. The van der Waals surface area contributed by atoms with Crippen molar-refractivity contribution >= 4 is 17.0 Å². The Morgan fingerprint density at radius 3 is 3.08 bits per heavy atom. The van der Waals surface area contributed by atoms with Crippen LogP contribution in [0.3, 0.4) is 0 Å². The van der Waals surface area contributed by atoms with E-state index < -0.39 is 0 Å². The van der Waals surface area contributed by atoms with E-state index in [1.165, 1.54) is 0 Å². The molecule has 0 aliphatic rings. The molecule has 0 amide bonds. The maximum absolute atomic E-state index is 11.2. The first-order valence-corrected chi connectivity index (χ1v) is 3.52. The molecule has 0 aliphatic carbocycles. The molecular weight excluding hydrogens is 156 g/mol. The lowest BCUT2D eigenvalue weighted by Crippen LogP contribution is -2.10. The number of nitrogens with zero attached hydrogens (tertiary/aromatic N) is 1. The van der Waals surface area contributed by atoms with E-state index >= 15 is 0 Å². The van der Waals surface area contributed by atoms with Crippen LogP contribution in [0.15, 0.2) is 11.0 Å². The van der Waals surface area contributed by atoms with Crippen molar-refractivity contribution in [2.24, 2.45) is 0 Å². The van der Waals surface area contributed by atoms with Crippen LogP contribution in [0.2, 0.25) is 0 Å². The topological polar surface area (TPSA) is 87.6 Å². The average molecular weight is 164 g/mol. The van der Waals surface area contributed by atoms with Gasteiger partial charge in [-0.25, -0.2) is 4.98 Å². The molecular formula is C7H8N4O. The number of nitrogen functional groups attached to an aromatic ring is 1. The van der Waals surface area contributed by atoms with Gasteiger partial charge in [0.05, 0.1) is 0 Å². The summed E-state index contributed by atoms with van der Waals surface area (Å²) in [5.41, 5.74) is 7.17. The summed E-state index contributed by atoms with van der Waals surface area (Å²) >= 11 is 0.